The van der Waals surface area contributed by atoms with Crippen LogP contribution in [0.2, 0.25) is 5.02 Å². The van der Waals surface area contributed by atoms with E-state index >= 15 is 0 Å². The quantitative estimate of drug-likeness (QED) is 0.478. The number of carboxylic acid groups (broad SMARTS) is 2. The van der Waals surface area contributed by atoms with Gasteiger partial charge in [-0.2, -0.15) is 0 Å². The molecule has 8 nitrogen and oxygen atoms in total. The second-order valence-corrected chi connectivity index (χ2v) is 6.57. The second kappa shape index (κ2) is 9.61. The number of aromatic hydroxyl groups is 1. The van der Waals surface area contributed by atoms with Gasteiger partial charge in [0.25, 0.3) is 0 Å². The third-order valence-corrected chi connectivity index (χ3v) is 4.23. The van der Waals surface area contributed by atoms with E-state index in [-0.39, 0.29) is 5.75 Å². The lowest BCUT2D eigenvalue weighted by Crippen LogP contribution is -2.09. The Labute approximate surface area is 172 Å². The summed E-state index contributed by atoms with van der Waals surface area (Å²) in [6.45, 7) is 2.52. The molecule has 3 rings (SSSR count). The van der Waals surface area contributed by atoms with Gasteiger partial charge in [-0.25, -0.2) is 14.6 Å². The highest BCUT2D eigenvalue weighted by atomic mass is 35.5. The second-order valence-electron chi connectivity index (χ2n) is 6.13. The monoisotopic (exact) mass is 417 g/mol. The third kappa shape index (κ3) is 5.98. The van der Waals surface area contributed by atoms with E-state index < -0.39 is 11.9 Å². The van der Waals surface area contributed by atoms with Crippen LogP contribution in [0.3, 0.4) is 0 Å². The number of carboxylic acids is 2. The summed E-state index contributed by atoms with van der Waals surface area (Å²) in [5, 5.41) is 28.5. The molecular weight excluding hydrogens is 398 g/mol. The Morgan fingerprint density at radius 2 is 1.72 bits per heavy atom. The van der Waals surface area contributed by atoms with Crippen LogP contribution < -0.4 is 5.32 Å². The molecule has 4 N–H and O–H groups in total. The van der Waals surface area contributed by atoms with Crippen LogP contribution in [0.1, 0.15) is 11.1 Å². The molecule has 2 aromatic carbocycles. The number of benzene rings is 2. The van der Waals surface area contributed by atoms with E-state index in [0.717, 1.165) is 22.8 Å². The molecule has 0 radical (unpaired) electrons. The molecule has 0 unspecified atom stereocenters. The third-order valence-electron chi connectivity index (χ3n) is 4.00. The summed E-state index contributed by atoms with van der Waals surface area (Å²) in [7, 11) is 1.96. The van der Waals surface area contributed by atoms with Gasteiger partial charge >= 0.3 is 11.9 Å². The zero-order valence-electron chi connectivity index (χ0n) is 15.8. The minimum atomic E-state index is -1.82. The van der Waals surface area contributed by atoms with Crippen molar-refractivity contribution in [3.05, 3.63) is 64.8 Å². The predicted octanol–water partition coefficient (Wildman–Crippen LogP) is 3.52. The van der Waals surface area contributed by atoms with Crippen LogP contribution in [0.5, 0.6) is 5.75 Å². The Hall–Kier alpha value is -3.52. The van der Waals surface area contributed by atoms with Crippen LogP contribution >= 0.6 is 11.6 Å². The summed E-state index contributed by atoms with van der Waals surface area (Å²) in [6, 6.07) is 13.3. The molecule has 1 heterocycles. The maximum absolute atomic E-state index is 9.87. The number of rotatable bonds is 4. The number of anilines is 1. The number of aliphatic carboxylic acids is 2. The van der Waals surface area contributed by atoms with Gasteiger partial charge in [-0.05, 0) is 30.7 Å². The zero-order valence-corrected chi connectivity index (χ0v) is 16.5. The summed E-state index contributed by atoms with van der Waals surface area (Å²) >= 11 is 5.97. The number of aryl methyl sites for hydroxylation is 1. The Morgan fingerprint density at radius 3 is 2.31 bits per heavy atom. The highest BCUT2D eigenvalue weighted by molar-refractivity contribution is 6.30. The summed E-state index contributed by atoms with van der Waals surface area (Å²) in [5.41, 5.74) is 4.11. The number of hydrogen-bond donors (Lipinski definition) is 4. The van der Waals surface area contributed by atoms with Gasteiger partial charge in [0.05, 0.1) is 11.9 Å². The van der Waals surface area contributed by atoms with Gasteiger partial charge in [-0.1, -0.05) is 41.4 Å². The minimum absolute atomic E-state index is 0.217. The molecule has 0 saturated carbocycles. The first-order chi connectivity index (χ1) is 13.7. The normalized spacial score (nSPS) is 10.0. The summed E-state index contributed by atoms with van der Waals surface area (Å²) in [4.78, 5) is 22.6. The highest BCUT2D eigenvalue weighted by Crippen LogP contribution is 2.25. The maximum atomic E-state index is 9.87. The largest absolute Gasteiger partial charge is 0.508 e. The van der Waals surface area contributed by atoms with Gasteiger partial charge < -0.3 is 25.2 Å². The van der Waals surface area contributed by atoms with E-state index in [0.29, 0.717) is 11.6 Å². The molecule has 0 aliphatic carbocycles. The summed E-state index contributed by atoms with van der Waals surface area (Å²) < 4.78 is 1.99. The van der Waals surface area contributed by atoms with Crippen LogP contribution in [0.15, 0.2) is 48.7 Å². The van der Waals surface area contributed by atoms with E-state index in [1.165, 1.54) is 5.56 Å². The Bertz CT molecular complexity index is 1000. The predicted molar refractivity (Wildman–Crippen MR) is 109 cm³/mol. The molecular formula is C20H20ClN3O5. The van der Waals surface area contributed by atoms with Crippen molar-refractivity contribution in [3.8, 4) is 17.0 Å². The molecule has 0 bridgehead atoms. The number of imidazole rings is 1. The Kier molecular flexibility index (Phi) is 7.21. The fourth-order valence-corrected chi connectivity index (χ4v) is 2.63. The van der Waals surface area contributed by atoms with E-state index in [2.05, 4.69) is 41.5 Å². The van der Waals surface area contributed by atoms with Crippen molar-refractivity contribution in [2.45, 2.75) is 13.5 Å². The minimum Gasteiger partial charge on any atom is -0.508 e. The number of hydrogen-bond acceptors (Lipinski definition) is 5. The smallest absolute Gasteiger partial charge is 0.414 e. The van der Waals surface area contributed by atoms with Gasteiger partial charge in [0.2, 0.25) is 5.95 Å². The summed E-state index contributed by atoms with van der Waals surface area (Å²) in [5.74, 6) is -2.69. The first kappa shape index (κ1) is 21.8. The van der Waals surface area contributed by atoms with Crippen molar-refractivity contribution in [1.29, 1.82) is 0 Å². The molecule has 0 atom stereocenters. The van der Waals surface area contributed by atoms with Crippen LogP contribution in [0.4, 0.5) is 5.95 Å². The first-order valence-corrected chi connectivity index (χ1v) is 8.83. The maximum Gasteiger partial charge on any atom is 0.414 e. The fraction of sp³-hybridized carbons (Fsp3) is 0.150. The average molecular weight is 418 g/mol. The van der Waals surface area contributed by atoms with Gasteiger partial charge in [-0.3, -0.25) is 0 Å². The van der Waals surface area contributed by atoms with Gasteiger partial charge in [0.15, 0.2) is 0 Å². The molecule has 0 spiro atoms. The Balaban J connectivity index is 0.000000438. The Morgan fingerprint density at radius 1 is 1.10 bits per heavy atom. The van der Waals surface area contributed by atoms with Crippen molar-refractivity contribution in [1.82, 2.24) is 9.55 Å². The van der Waals surface area contributed by atoms with Crippen LogP contribution in [-0.2, 0) is 23.2 Å². The number of nitrogens with zero attached hydrogens (tertiary/aromatic N) is 2. The standard InChI is InChI=1S/C18H18ClN3O.C2H2O4/c1-12-3-5-13(6-4-12)16-11-21-18(22(16)2)20-10-14-9-15(19)7-8-17(14)23;3-1(4)2(5)6/h3-9,11,23H,10H2,1-2H3,(H,20,21);(H,3,4)(H,5,6). The highest BCUT2D eigenvalue weighted by Gasteiger charge is 2.09. The molecule has 29 heavy (non-hydrogen) atoms. The van der Waals surface area contributed by atoms with E-state index in [1.54, 1.807) is 18.2 Å². The molecule has 0 amide bonds. The fourth-order valence-electron chi connectivity index (χ4n) is 2.44. The molecule has 0 fully saturated rings. The lowest BCUT2D eigenvalue weighted by Gasteiger charge is -2.10. The van der Waals surface area contributed by atoms with Crippen molar-refractivity contribution < 1.29 is 24.9 Å². The molecule has 0 saturated heterocycles. The summed E-state index contributed by atoms with van der Waals surface area (Å²) in [6.07, 6.45) is 1.84. The topological polar surface area (TPSA) is 125 Å². The lowest BCUT2D eigenvalue weighted by atomic mass is 10.1. The molecule has 0 aliphatic rings. The lowest BCUT2D eigenvalue weighted by molar-refractivity contribution is -0.159. The van der Waals surface area contributed by atoms with Crippen molar-refractivity contribution >= 4 is 29.5 Å². The SMILES string of the molecule is Cc1ccc(-c2cnc(NCc3cc(Cl)ccc3O)n2C)cc1.O=C(O)C(=O)O. The number of phenols is 1. The van der Waals surface area contributed by atoms with Crippen molar-refractivity contribution in [2.75, 3.05) is 5.32 Å². The van der Waals surface area contributed by atoms with Crippen molar-refractivity contribution in [3.63, 3.8) is 0 Å². The van der Waals surface area contributed by atoms with E-state index in [1.807, 2.05) is 17.8 Å². The molecule has 0 aliphatic heterocycles. The zero-order chi connectivity index (χ0) is 21.6. The molecule has 9 heteroatoms. The number of nitrogens with one attached hydrogen (secondary N) is 1. The average Bonchev–Trinajstić information content (AvgIpc) is 3.04. The molecule has 152 valence electrons. The van der Waals surface area contributed by atoms with Gasteiger partial charge in [0, 0.05) is 24.2 Å². The molecule has 3 aromatic rings. The van der Waals surface area contributed by atoms with Gasteiger partial charge in [0.1, 0.15) is 5.75 Å². The van der Waals surface area contributed by atoms with E-state index in [4.69, 9.17) is 31.4 Å². The number of aromatic nitrogens is 2. The number of halogens is 1. The van der Waals surface area contributed by atoms with Crippen molar-refractivity contribution in [2.24, 2.45) is 7.05 Å². The van der Waals surface area contributed by atoms with Crippen LogP contribution in [0, 0.1) is 6.92 Å². The van der Waals surface area contributed by atoms with E-state index in [9.17, 15) is 5.11 Å². The van der Waals surface area contributed by atoms with Crippen LogP contribution in [0.25, 0.3) is 11.3 Å². The van der Waals surface area contributed by atoms with Crippen LogP contribution in [-0.4, -0.2) is 36.8 Å². The molecule has 1 aromatic heterocycles. The number of carbonyl (C=O) groups is 2. The number of phenolic OH excluding ortho intramolecular Hbond substituents is 1. The van der Waals surface area contributed by atoms with Gasteiger partial charge in [-0.15, -0.1) is 0 Å². The first-order valence-electron chi connectivity index (χ1n) is 8.45.